The van der Waals surface area contributed by atoms with E-state index in [1.165, 1.54) is 0 Å². The molecule has 110 valence electrons. The molecule has 3 rings (SSSR count). The van der Waals surface area contributed by atoms with Crippen LogP contribution in [0.25, 0.3) is 0 Å². The summed E-state index contributed by atoms with van der Waals surface area (Å²) in [6.45, 7) is 2.16. The molecular weight excluding hydrogens is 292 g/mol. The summed E-state index contributed by atoms with van der Waals surface area (Å²) in [7, 11) is -3.53. The van der Waals surface area contributed by atoms with Gasteiger partial charge < -0.3 is 14.9 Å². The van der Waals surface area contributed by atoms with Crippen LogP contribution >= 0.6 is 0 Å². The summed E-state index contributed by atoms with van der Waals surface area (Å²) in [4.78, 5) is 0. The Balaban J connectivity index is 1.91. The summed E-state index contributed by atoms with van der Waals surface area (Å²) in [5, 5.41) is 0. The fourth-order valence-corrected chi connectivity index (χ4v) is 3.36. The van der Waals surface area contributed by atoms with Crippen LogP contribution < -0.4 is 10.5 Å². The predicted molar refractivity (Wildman–Crippen MR) is 77.6 cm³/mol. The van der Waals surface area contributed by atoms with E-state index in [4.69, 9.17) is 14.9 Å². The number of nitrogens with two attached hydrogens (primary N) is 1. The highest BCUT2D eigenvalue weighted by molar-refractivity contribution is 7.89. The molecule has 1 aliphatic heterocycles. The first kappa shape index (κ1) is 13.7. The first-order valence-corrected chi connectivity index (χ1v) is 7.93. The largest absolute Gasteiger partial charge is 0.488 e. The third kappa shape index (κ3) is 2.78. The lowest BCUT2D eigenvalue weighted by atomic mass is 10.1. The molecule has 0 saturated carbocycles. The van der Waals surface area contributed by atoms with Gasteiger partial charge in [0.05, 0.1) is 17.6 Å². The molecule has 0 unspecified atom stereocenters. The molecule has 1 aliphatic rings. The van der Waals surface area contributed by atoms with E-state index in [2.05, 4.69) is 4.40 Å². The Bertz CT molecular complexity index is 821. The van der Waals surface area contributed by atoms with Crippen LogP contribution in [0.2, 0.25) is 0 Å². The Morgan fingerprint density at radius 3 is 2.95 bits per heavy atom. The summed E-state index contributed by atoms with van der Waals surface area (Å²) in [6.07, 6.45) is 1.62. The van der Waals surface area contributed by atoms with E-state index in [9.17, 15) is 8.42 Å². The van der Waals surface area contributed by atoms with Crippen LogP contribution in [0.5, 0.6) is 5.75 Å². The van der Waals surface area contributed by atoms with E-state index in [1.54, 1.807) is 24.5 Å². The molecular formula is C14H14N2O4S. The molecule has 0 amide bonds. The molecule has 2 aromatic rings. The second kappa shape index (κ2) is 4.92. The van der Waals surface area contributed by atoms with Crippen molar-refractivity contribution in [3.63, 3.8) is 0 Å². The number of ether oxygens (including phenoxy) is 1. The summed E-state index contributed by atoms with van der Waals surface area (Å²) < 4.78 is 37.7. The molecule has 0 radical (unpaired) electrons. The lowest BCUT2D eigenvalue weighted by Gasteiger charge is -2.17. The smallest absolute Gasteiger partial charge is 0.259 e. The molecule has 6 nitrogen and oxygen atoms in total. The fraction of sp³-hybridized carbons (Fsp3) is 0.214. The van der Waals surface area contributed by atoms with Crippen molar-refractivity contribution in [2.75, 3.05) is 0 Å². The van der Waals surface area contributed by atoms with E-state index in [1.807, 2.05) is 13.0 Å². The Morgan fingerprint density at radius 2 is 2.24 bits per heavy atom. The van der Waals surface area contributed by atoms with Crippen molar-refractivity contribution >= 4 is 15.9 Å². The molecule has 1 aromatic carbocycles. The second-order valence-electron chi connectivity index (χ2n) is 4.85. The molecule has 0 aliphatic carbocycles. The first-order chi connectivity index (χ1) is 9.94. The van der Waals surface area contributed by atoms with Crippen LogP contribution in [0.3, 0.4) is 0 Å². The second-order valence-corrected chi connectivity index (χ2v) is 6.48. The normalized spacial score (nSPS) is 16.1. The van der Waals surface area contributed by atoms with Gasteiger partial charge in [0.25, 0.3) is 10.0 Å². The van der Waals surface area contributed by atoms with E-state index in [0.29, 0.717) is 23.5 Å². The summed E-state index contributed by atoms with van der Waals surface area (Å²) in [5.74, 6) is 1.12. The van der Waals surface area contributed by atoms with Crippen LogP contribution in [0, 0.1) is 6.92 Å². The first-order valence-electron chi connectivity index (χ1n) is 6.32. The van der Waals surface area contributed by atoms with Crippen molar-refractivity contribution in [3.05, 3.63) is 53.0 Å². The number of aryl methyl sites for hydroxylation is 1. The maximum atomic E-state index is 11.6. The number of rotatable bonds is 3. The van der Waals surface area contributed by atoms with E-state index >= 15 is 0 Å². The number of sulfonamides is 1. The van der Waals surface area contributed by atoms with Crippen LogP contribution in [-0.2, 0) is 22.4 Å². The molecule has 1 aromatic heterocycles. The van der Waals surface area contributed by atoms with Crippen molar-refractivity contribution in [2.24, 2.45) is 10.1 Å². The molecule has 21 heavy (non-hydrogen) atoms. The van der Waals surface area contributed by atoms with Crippen molar-refractivity contribution in [3.8, 4) is 5.75 Å². The minimum Gasteiger partial charge on any atom is -0.488 e. The van der Waals surface area contributed by atoms with Crippen molar-refractivity contribution in [2.45, 2.75) is 19.3 Å². The summed E-state index contributed by atoms with van der Waals surface area (Å²) >= 11 is 0. The van der Waals surface area contributed by atoms with Crippen LogP contribution in [-0.4, -0.2) is 14.3 Å². The molecule has 0 spiro atoms. The van der Waals surface area contributed by atoms with Gasteiger partial charge in [0.15, 0.2) is 0 Å². The molecule has 0 fully saturated rings. The van der Waals surface area contributed by atoms with Gasteiger partial charge in [-0.25, -0.2) is 8.42 Å². The van der Waals surface area contributed by atoms with Gasteiger partial charge in [-0.3, -0.25) is 0 Å². The van der Waals surface area contributed by atoms with Gasteiger partial charge in [0, 0.05) is 5.56 Å². The van der Waals surface area contributed by atoms with E-state index < -0.39 is 10.0 Å². The standard InChI is InChI=1S/C14H14N2O4S/c1-9-5-10(6-19-9)7-20-12-4-2-3-11-8-21(17,18)16-14(15)13(11)12/h2-6H,7-8H2,1H3,(H2,15,16). The van der Waals surface area contributed by atoms with Gasteiger partial charge in [0.2, 0.25) is 0 Å². The third-order valence-electron chi connectivity index (χ3n) is 3.12. The highest BCUT2D eigenvalue weighted by Gasteiger charge is 2.25. The summed E-state index contributed by atoms with van der Waals surface area (Å²) in [5.41, 5.74) is 7.81. The van der Waals surface area contributed by atoms with Gasteiger partial charge >= 0.3 is 0 Å². The zero-order chi connectivity index (χ0) is 15.0. The highest BCUT2D eigenvalue weighted by atomic mass is 32.2. The van der Waals surface area contributed by atoms with E-state index in [0.717, 1.165) is 11.3 Å². The van der Waals surface area contributed by atoms with Crippen LogP contribution in [0.15, 0.2) is 39.3 Å². The van der Waals surface area contributed by atoms with Gasteiger partial charge in [-0.1, -0.05) is 12.1 Å². The number of nitrogens with zero attached hydrogens (tertiary/aromatic N) is 1. The number of furan rings is 1. The Morgan fingerprint density at radius 1 is 1.43 bits per heavy atom. The van der Waals surface area contributed by atoms with E-state index in [-0.39, 0.29) is 11.6 Å². The Kier molecular flexibility index (Phi) is 3.21. The lowest BCUT2D eigenvalue weighted by molar-refractivity contribution is 0.304. The average Bonchev–Trinajstić information content (AvgIpc) is 2.80. The number of benzene rings is 1. The maximum absolute atomic E-state index is 11.6. The minimum atomic E-state index is -3.53. The quantitative estimate of drug-likeness (QED) is 0.931. The number of hydrogen-bond acceptors (Lipinski definition) is 5. The zero-order valence-electron chi connectivity index (χ0n) is 11.4. The molecule has 7 heteroatoms. The van der Waals surface area contributed by atoms with Crippen LogP contribution in [0.1, 0.15) is 22.5 Å². The molecule has 2 heterocycles. The SMILES string of the molecule is Cc1cc(COc2cccc3c2C(N)=NS(=O)(=O)C3)co1. The average molecular weight is 306 g/mol. The number of fused-ring (bicyclic) bond motifs is 1. The number of amidine groups is 1. The van der Waals surface area contributed by atoms with Gasteiger partial charge in [-0.05, 0) is 24.6 Å². The van der Waals surface area contributed by atoms with Crippen molar-refractivity contribution in [1.82, 2.24) is 0 Å². The van der Waals surface area contributed by atoms with Crippen molar-refractivity contribution < 1.29 is 17.6 Å². The minimum absolute atomic E-state index is 0.0322. The third-order valence-corrected chi connectivity index (χ3v) is 4.27. The highest BCUT2D eigenvalue weighted by Crippen LogP contribution is 2.28. The Labute approximate surface area is 122 Å². The number of hydrogen-bond donors (Lipinski definition) is 1. The maximum Gasteiger partial charge on any atom is 0.259 e. The zero-order valence-corrected chi connectivity index (χ0v) is 12.2. The predicted octanol–water partition coefficient (Wildman–Crippen LogP) is 1.72. The Hall–Kier alpha value is -2.28. The summed E-state index contributed by atoms with van der Waals surface area (Å²) in [6, 6.07) is 7.07. The van der Waals surface area contributed by atoms with Gasteiger partial charge in [-0.2, -0.15) is 0 Å². The van der Waals surface area contributed by atoms with Gasteiger partial charge in [0.1, 0.15) is 24.0 Å². The topological polar surface area (TPSA) is 94.9 Å². The lowest BCUT2D eigenvalue weighted by Crippen LogP contribution is -2.24. The fourth-order valence-electron chi connectivity index (χ4n) is 2.27. The molecule has 0 saturated heterocycles. The van der Waals surface area contributed by atoms with Gasteiger partial charge in [-0.15, -0.1) is 4.40 Å². The molecule has 0 bridgehead atoms. The molecule has 2 N–H and O–H groups in total. The monoisotopic (exact) mass is 306 g/mol. The van der Waals surface area contributed by atoms with Crippen molar-refractivity contribution in [1.29, 1.82) is 0 Å². The molecule has 0 atom stereocenters. The van der Waals surface area contributed by atoms with Crippen LogP contribution in [0.4, 0.5) is 0 Å².